The van der Waals surface area contributed by atoms with Crippen molar-refractivity contribution in [2.75, 3.05) is 0 Å². The molecule has 0 aliphatic carbocycles. The van der Waals surface area contributed by atoms with Crippen LogP contribution in [-0.4, -0.2) is 9.78 Å². The largest absolute Gasteiger partial charge is 1.00 e. The summed E-state index contributed by atoms with van der Waals surface area (Å²) >= 11 is 17.4. The van der Waals surface area contributed by atoms with Crippen LogP contribution in [0.5, 0.6) is 0 Å². The van der Waals surface area contributed by atoms with Crippen molar-refractivity contribution in [1.82, 2.24) is 9.78 Å². The molecule has 2 aromatic rings. The van der Waals surface area contributed by atoms with Gasteiger partial charge < -0.3 is 24.0 Å². The van der Waals surface area contributed by atoms with E-state index in [1.165, 1.54) is 11.3 Å². The van der Waals surface area contributed by atoms with Gasteiger partial charge in [0.25, 0.3) is 0 Å². The number of hydrogen-bond donors (Lipinski definition) is 0. The van der Waals surface area contributed by atoms with Crippen LogP contribution in [0.3, 0.4) is 0 Å². The second kappa shape index (κ2) is 6.35. The maximum absolute atomic E-state index is 6.03. The molecule has 0 atom stereocenters. The summed E-state index contributed by atoms with van der Waals surface area (Å²) < 4.78 is 2.81. The SMILES string of the molecule is Cc1ccc(-n2nc([S-])sc2=S)cc1Cl.[K+]. The van der Waals surface area contributed by atoms with Gasteiger partial charge in [-0.05, 0) is 29.0 Å². The predicted octanol–water partition coefficient (Wildman–Crippen LogP) is 0.535. The Hall–Kier alpha value is 1.15. The standard InChI is InChI=1S/C9H7ClN2S3.K/c1-5-2-3-6(4-7(5)10)12-9(14)15-8(13)11-12;/h2-4H,1H3,(H,11,13);/q;+1/p-1. The summed E-state index contributed by atoms with van der Waals surface area (Å²) in [6.45, 7) is 1.95. The van der Waals surface area contributed by atoms with E-state index in [2.05, 4.69) is 5.10 Å². The molecule has 2 nitrogen and oxygen atoms in total. The Morgan fingerprint density at radius 3 is 2.69 bits per heavy atom. The zero-order chi connectivity index (χ0) is 11.0. The molecule has 1 aromatic heterocycles. The normalized spacial score (nSPS) is 9.88. The van der Waals surface area contributed by atoms with Gasteiger partial charge in [0.2, 0.25) is 0 Å². The van der Waals surface area contributed by atoms with Crippen molar-refractivity contribution in [3.63, 3.8) is 0 Å². The van der Waals surface area contributed by atoms with E-state index in [9.17, 15) is 0 Å². The van der Waals surface area contributed by atoms with Gasteiger partial charge in [-0.25, -0.2) is 4.68 Å². The van der Waals surface area contributed by atoms with E-state index < -0.39 is 0 Å². The number of hydrogen-bond acceptors (Lipinski definition) is 4. The molecule has 2 rings (SSSR count). The van der Waals surface area contributed by atoms with E-state index in [-0.39, 0.29) is 51.4 Å². The van der Waals surface area contributed by atoms with E-state index in [1.807, 2.05) is 25.1 Å². The van der Waals surface area contributed by atoms with Gasteiger partial charge in [0.15, 0.2) is 0 Å². The zero-order valence-electron chi connectivity index (χ0n) is 8.73. The molecular formula is C9H6ClKN2S3. The number of aryl methyl sites for hydroxylation is 1. The quantitative estimate of drug-likeness (QED) is 0.435. The first kappa shape index (κ1) is 15.2. The van der Waals surface area contributed by atoms with Crippen LogP contribution in [0.2, 0.25) is 5.02 Å². The molecule has 0 saturated carbocycles. The Labute approximate surface area is 156 Å². The second-order valence-electron chi connectivity index (χ2n) is 2.98. The first-order valence-electron chi connectivity index (χ1n) is 4.11. The predicted molar refractivity (Wildman–Crippen MR) is 67.7 cm³/mol. The van der Waals surface area contributed by atoms with Crippen LogP contribution < -0.4 is 51.4 Å². The first-order chi connectivity index (χ1) is 7.08. The molecule has 1 heterocycles. The van der Waals surface area contributed by atoms with Gasteiger partial charge in [-0.2, -0.15) is 5.10 Å². The van der Waals surface area contributed by atoms with Gasteiger partial charge in [0.05, 0.1) is 9.64 Å². The maximum Gasteiger partial charge on any atom is 1.00 e. The van der Waals surface area contributed by atoms with Gasteiger partial charge in [-0.3, -0.25) is 0 Å². The molecule has 0 aliphatic rings. The van der Waals surface area contributed by atoms with Gasteiger partial charge >= 0.3 is 51.4 Å². The summed E-state index contributed by atoms with van der Waals surface area (Å²) in [6.07, 6.45) is 0. The molecule has 0 amide bonds. The van der Waals surface area contributed by atoms with Crippen LogP contribution in [0.4, 0.5) is 0 Å². The van der Waals surface area contributed by atoms with Gasteiger partial charge in [-0.15, -0.1) is 0 Å². The summed E-state index contributed by atoms with van der Waals surface area (Å²) in [5.41, 5.74) is 1.88. The molecule has 0 saturated heterocycles. The average Bonchev–Trinajstić information content (AvgIpc) is 2.50. The first-order valence-corrected chi connectivity index (χ1v) is 6.13. The van der Waals surface area contributed by atoms with E-state index in [4.69, 9.17) is 36.4 Å². The van der Waals surface area contributed by atoms with Crippen molar-refractivity contribution in [1.29, 1.82) is 0 Å². The Kier molecular flexibility index (Phi) is 6.04. The summed E-state index contributed by atoms with van der Waals surface area (Å²) in [6, 6.07) is 5.69. The minimum Gasteiger partial charge on any atom is -0.406 e. The zero-order valence-corrected chi connectivity index (χ0v) is 15.1. The van der Waals surface area contributed by atoms with Crippen molar-refractivity contribution in [3.05, 3.63) is 32.7 Å². The average molecular weight is 313 g/mol. The molecule has 16 heavy (non-hydrogen) atoms. The van der Waals surface area contributed by atoms with Crippen molar-refractivity contribution in [2.24, 2.45) is 0 Å². The number of nitrogens with zero attached hydrogens (tertiary/aromatic N) is 2. The van der Waals surface area contributed by atoms with Crippen LogP contribution in [0, 0.1) is 10.9 Å². The van der Waals surface area contributed by atoms with Crippen LogP contribution in [0.15, 0.2) is 22.5 Å². The number of benzene rings is 1. The maximum atomic E-state index is 6.03. The summed E-state index contributed by atoms with van der Waals surface area (Å²) in [7, 11) is 0. The van der Waals surface area contributed by atoms with Crippen LogP contribution in [0.25, 0.3) is 5.69 Å². The van der Waals surface area contributed by atoms with E-state index in [0.29, 0.717) is 13.3 Å². The third-order valence-corrected chi connectivity index (χ3v) is 3.69. The van der Waals surface area contributed by atoms with E-state index in [1.54, 1.807) is 4.68 Å². The van der Waals surface area contributed by atoms with Crippen LogP contribution in [0.1, 0.15) is 5.56 Å². The molecule has 0 fully saturated rings. The fourth-order valence-electron chi connectivity index (χ4n) is 1.14. The Morgan fingerprint density at radius 1 is 1.50 bits per heavy atom. The van der Waals surface area contributed by atoms with Crippen molar-refractivity contribution in [3.8, 4) is 5.69 Å². The Morgan fingerprint density at radius 2 is 2.19 bits per heavy atom. The topological polar surface area (TPSA) is 17.8 Å². The van der Waals surface area contributed by atoms with Crippen LogP contribution >= 0.6 is 35.2 Å². The third-order valence-electron chi connectivity index (χ3n) is 1.93. The second-order valence-corrected chi connectivity index (χ2v) is 5.65. The number of halogens is 1. The summed E-state index contributed by atoms with van der Waals surface area (Å²) in [5, 5.41) is 4.84. The van der Waals surface area contributed by atoms with Crippen molar-refractivity contribution in [2.45, 2.75) is 11.3 Å². The monoisotopic (exact) mass is 312 g/mol. The third kappa shape index (κ3) is 3.34. The molecule has 1 aromatic carbocycles. The van der Waals surface area contributed by atoms with Crippen LogP contribution in [-0.2, 0) is 12.6 Å². The molecular weight excluding hydrogens is 307 g/mol. The van der Waals surface area contributed by atoms with Crippen molar-refractivity contribution >= 4 is 47.8 Å². The molecule has 7 heteroatoms. The van der Waals surface area contributed by atoms with E-state index in [0.717, 1.165) is 11.3 Å². The van der Waals surface area contributed by atoms with Gasteiger partial charge in [-0.1, -0.05) is 29.9 Å². The molecule has 0 unspecified atom stereocenters. The molecule has 0 aliphatic heterocycles. The molecule has 0 bridgehead atoms. The smallest absolute Gasteiger partial charge is 0.406 e. The summed E-state index contributed by atoms with van der Waals surface area (Å²) in [4.78, 5) is 0. The summed E-state index contributed by atoms with van der Waals surface area (Å²) in [5.74, 6) is 0. The molecule has 0 spiro atoms. The van der Waals surface area contributed by atoms with Gasteiger partial charge in [0, 0.05) is 5.02 Å². The van der Waals surface area contributed by atoms with E-state index >= 15 is 0 Å². The number of rotatable bonds is 1. The van der Waals surface area contributed by atoms with Gasteiger partial charge in [0.1, 0.15) is 0 Å². The minimum atomic E-state index is 0. The molecule has 78 valence electrons. The number of aromatic nitrogens is 2. The minimum absolute atomic E-state index is 0. The Balaban J connectivity index is 0.00000128. The Bertz CT molecular complexity index is 564. The molecule has 0 N–H and O–H groups in total. The fourth-order valence-corrected chi connectivity index (χ4v) is 2.68. The molecule has 0 radical (unpaired) electrons. The fraction of sp³-hybridized carbons (Fsp3) is 0.111. The van der Waals surface area contributed by atoms with Crippen molar-refractivity contribution < 1.29 is 51.4 Å².